The van der Waals surface area contributed by atoms with E-state index in [9.17, 15) is 9.18 Å². The average molecular weight is 199 g/mol. The van der Waals surface area contributed by atoms with E-state index in [-0.39, 0.29) is 17.0 Å². The minimum Gasteiger partial charge on any atom is -0.493 e. The summed E-state index contributed by atoms with van der Waals surface area (Å²) in [5, 5.41) is 0. The Balaban J connectivity index is 3.37. The Morgan fingerprint density at radius 3 is 2.57 bits per heavy atom. The Labute approximate surface area is 80.4 Å². The van der Waals surface area contributed by atoms with E-state index in [0.717, 1.165) is 6.07 Å². The normalized spacial score (nSPS) is 9.64. The van der Waals surface area contributed by atoms with E-state index in [0.29, 0.717) is 0 Å². The SMILES string of the molecule is COC(=O)c1c(N)ccc(F)c1OC. The first-order chi connectivity index (χ1) is 6.61. The number of carbonyl (C=O) groups is 1. The van der Waals surface area contributed by atoms with Crippen molar-refractivity contribution in [2.24, 2.45) is 0 Å². The van der Waals surface area contributed by atoms with E-state index in [1.165, 1.54) is 20.3 Å². The molecule has 0 saturated heterocycles. The van der Waals surface area contributed by atoms with Crippen LogP contribution in [0.15, 0.2) is 12.1 Å². The van der Waals surface area contributed by atoms with Crippen LogP contribution in [0.25, 0.3) is 0 Å². The smallest absolute Gasteiger partial charge is 0.343 e. The second-order valence-electron chi connectivity index (χ2n) is 2.54. The zero-order chi connectivity index (χ0) is 10.7. The Hall–Kier alpha value is -1.78. The van der Waals surface area contributed by atoms with Crippen molar-refractivity contribution in [1.82, 2.24) is 0 Å². The molecule has 2 N–H and O–H groups in total. The number of nitrogen functional groups attached to an aromatic ring is 1. The molecule has 0 fully saturated rings. The molecular weight excluding hydrogens is 189 g/mol. The van der Waals surface area contributed by atoms with Crippen LogP contribution in [-0.2, 0) is 4.74 Å². The summed E-state index contributed by atoms with van der Waals surface area (Å²) in [5.41, 5.74) is 5.53. The fourth-order valence-corrected chi connectivity index (χ4v) is 1.08. The summed E-state index contributed by atoms with van der Waals surface area (Å²) >= 11 is 0. The standard InChI is InChI=1S/C9H10FNO3/c1-13-8-5(10)3-4-6(11)7(8)9(12)14-2/h3-4H,11H2,1-2H3. The molecule has 14 heavy (non-hydrogen) atoms. The van der Waals surface area contributed by atoms with Gasteiger partial charge in [-0.15, -0.1) is 0 Å². The second kappa shape index (κ2) is 3.95. The van der Waals surface area contributed by atoms with E-state index in [2.05, 4.69) is 4.74 Å². The summed E-state index contributed by atoms with van der Waals surface area (Å²) in [7, 11) is 2.44. The lowest BCUT2D eigenvalue weighted by atomic mass is 10.1. The molecule has 0 spiro atoms. The first kappa shape index (κ1) is 10.3. The third kappa shape index (κ3) is 1.61. The molecule has 1 aromatic rings. The largest absolute Gasteiger partial charge is 0.493 e. The van der Waals surface area contributed by atoms with Crippen LogP contribution < -0.4 is 10.5 Å². The van der Waals surface area contributed by atoms with Gasteiger partial charge in [0.15, 0.2) is 11.6 Å². The third-order valence-electron chi connectivity index (χ3n) is 1.74. The van der Waals surface area contributed by atoms with Crippen LogP contribution in [0.3, 0.4) is 0 Å². The van der Waals surface area contributed by atoms with Gasteiger partial charge in [0.05, 0.1) is 19.9 Å². The van der Waals surface area contributed by atoms with E-state index >= 15 is 0 Å². The van der Waals surface area contributed by atoms with Gasteiger partial charge in [0.2, 0.25) is 0 Å². The molecule has 76 valence electrons. The molecule has 0 saturated carbocycles. The van der Waals surface area contributed by atoms with Crippen LogP contribution in [0, 0.1) is 5.82 Å². The number of esters is 1. The molecule has 0 atom stereocenters. The Kier molecular flexibility index (Phi) is 2.91. The number of benzene rings is 1. The van der Waals surface area contributed by atoms with Crippen LogP contribution in [0.2, 0.25) is 0 Å². The molecule has 0 aromatic heterocycles. The second-order valence-corrected chi connectivity index (χ2v) is 2.54. The van der Waals surface area contributed by atoms with Gasteiger partial charge >= 0.3 is 5.97 Å². The van der Waals surface area contributed by atoms with Gasteiger partial charge in [0.25, 0.3) is 0 Å². The number of hydrogen-bond acceptors (Lipinski definition) is 4. The predicted molar refractivity (Wildman–Crippen MR) is 48.7 cm³/mol. The van der Waals surface area contributed by atoms with Gasteiger partial charge in [-0.05, 0) is 12.1 Å². The fraction of sp³-hybridized carbons (Fsp3) is 0.222. The van der Waals surface area contributed by atoms with Crippen LogP contribution in [0.1, 0.15) is 10.4 Å². The van der Waals surface area contributed by atoms with E-state index < -0.39 is 11.8 Å². The molecule has 0 bridgehead atoms. The Morgan fingerprint density at radius 2 is 2.07 bits per heavy atom. The van der Waals surface area contributed by atoms with Gasteiger partial charge in [-0.25, -0.2) is 9.18 Å². The first-order valence-corrected chi connectivity index (χ1v) is 3.82. The number of hydrogen-bond donors (Lipinski definition) is 1. The van der Waals surface area contributed by atoms with Crippen molar-refractivity contribution in [3.8, 4) is 5.75 Å². The first-order valence-electron chi connectivity index (χ1n) is 3.82. The topological polar surface area (TPSA) is 61.5 Å². The maximum Gasteiger partial charge on any atom is 0.343 e. The van der Waals surface area contributed by atoms with Crippen LogP contribution in [0.5, 0.6) is 5.75 Å². The Morgan fingerprint density at radius 1 is 1.43 bits per heavy atom. The molecule has 0 aliphatic carbocycles. The molecule has 1 aromatic carbocycles. The van der Waals surface area contributed by atoms with Crippen molar-refractivity contribution >= 4 is 11.7 Å². The van der Waals surface area contributed by atoms with E-state index in [1.54, 1.807) is 0 Å². The number of nitrogens with two attached hydrogens (primary N) is 1. The third-order valence-corrected chi connectivity index (χ3v) is 1.74. The highest BCUT2D eigenvalue weighted by atomic mass is 19.1. The molecule has 0 heterocycles. The summed E-state index contributed by atoms with van der Waals surface area (Å²) in [6, 6.07) is 2.41. The summed E-state index contributed by atoms with van der Waals surface area (Å²) in [4.78, 5) is 11.2. The monoisotopic (exact) mass is 199 g/mol. The van der Waals surface area contributed by atoms with Crippen molar-refractivity contribution in [1.29, 1.82) is 0 Å². The number of rotatable bonds is 2. The van der Waals surface area contributed by atoms with Gasteiger partial charge < -0.3 is 15.2 Å². The van der Waals surface area contributed by atoms with E-state index in [1.807, 2.05) is 0 Å². The zero-order valence-corrected chi connectivity index (χ0v) is 7.83. The zero-order valence-electron chi connectivity index (χ0n) is 7.83. The number of carbonyl (C=O) groups excluding carboxylic acids is 1. The van der Waals surface area contributed by atoms with Crippen molar-refractivity contribution in [2.75, 3.05) is 20.0 Å². The lowest BCUT2D eigenvalue weighted by Crippen LogP contribution is -2.09. The number of halogens is 1. The maximum atomic E-state index is 13.1. The molecule has 0 unspecified atom stereocenters. The molecular formula is C9H10FNO3. The summed E-state index contributed by atoms with van der Waals surface area (Å²) in [6.45, 7) is 0. The van der Waals surface area contributed by atoms with Gasteiger partial charge in [0.1, 0.15) is 5.56 Å². The summed E-state index contributed by atoms with van der Waals surface area (Å²) < 4.78 is 22.3. The maximum absolute atomic E-state index is 13.1. The number of ether oxygens (including phenoxy) is 2. The van der Waals surface area contributed by atoms with Crippen LogP contribution in [-0.4, -0.2) is 20.2 Å². The highest BCUT2D eigenvalue weighted by molar-refractivity contribution is 5.98. The molecule has 5 heteroatoms. The van der Waals surface area contributed by atoms with Crippen molar-refractivity contribution in [3.63, 3.8) is 0 Å². The van der Waals surface area contributed by atoms with Gasteiger partial charge in [-0.2, -0.15) is 0 Å². The van der Waals surface area contributed by atoms with Crippen molar-refractivity contribution < 1.29 is 18.7 Å². The molecule has 0 aliphatic heterocycles. The average Bonchev–Trinajstić information content (AvgIpc) is 2.19. The highest BCUT2D eigenvalue weighted by Gasteiger charge is 2.19. The molecule has 1 rings (SSSR count). The van der Waals surface area contributed by atoms with E-state index in [4.69, 9.17) is 10.5 Å². The number of methoxy groups -OCH3 is 2. The Bertz CT molecular complexity index is 365. The summed E-state index contributed by atoms with van der Waals surface area (Å²) in [6.07, 6.45) is 0. The fourth-order valence-electron chi connectivity index (χ4n) is 1.08. The molecule has 0 amide bonds. The van der Waals surface area contributed by atoms with Gasteiger partial charge in [0, 0.05) is 0 Å². The highest BCUT2D eigenvalue weighted by Crippen LogP contribution is 2.28. The van der Waals surface area contributed by atoms with Gasteiger partial charge in [-0.3, -0.25) is 0 Å². The predicted octanol–water partition coefficient (Wildman–Crippen LogP) is 1.20. The summed E-state index contributed by atoms with van der Waals surface area (Å²) in [5.74, 6) is -1.57. The van der Waals surface area contributed by atoms with Crippen LogP contribution in [0.4, 0.5) is 10.1 Å². The minimum absolute atomic E-state index is 0.0880. The van der Waals surface area contributed by atoms with Gasteiger partial charge in [-0.1, -0.05) is 0 Å². The van der Waals surface area contributed by atoms with Crippen molar-refractivity contribution in [3.05, 3.63) is 23.5 Å². The number of anilines is 1. The van der Waals surface area contributed by atoms with Crippen LogP contribution >= 0.6 is 0 Å². The quantitative estimate of drug-likeness (QED) is 0.574. The lowest BCUT2D eigenvalue weighted by Gasteiger charge is -2.09. The molecule has 0 aliphatic rings. The molecule has 0 radical (unpaired) electrons. The minimum atomic E-state index is -0.723. The van der Waals surface area contributed by atoms with Crippen molar-refractivity contribution in [2.45, 2.75) is 0 Å². The molecule has 4 nitrogen and oxygen atoms in total. The lowest BCUT2D eigenvalue weighted by molar-refractivity contribution is 0.0597.